The van der Waals surface area contributed by atoms with Gasteiger partial charge >= 0.3 is 0 Å². The molecule has 3 aromatic heterocycles. The van der Waals surface area contributed by atoms with Gasteiger partial charge in [0.1, 0.15) is 4.21 Å². The minimum absolute atomic E-state index is 0.149. The fourth-order valence-corrected chi connectivity index (χ4v) is 4.81. The first-order valence-electron chi connectivity index (χ1n) is 6.26. The number of rotatable bonds is 6. The van der Waals surface area contributed by atoms with Gasteiger partial charge in [0, 0.05) is 11.4 Å². The SMILES string of the molecule is O=C(c1ccco1)c1ccc(CNS(=O)(=O)c2cccs2)s1. The maximum Gasteiger partial charge on any atom is 0.250 e. The topological polar surface area (TPSA) is 76.4 Å². The molecule has 0 bridgehead atoms. The van der Waals surface area contributed by atoms with Crippen molar-refractivity contribution in [2.24, 2.45) is 0 Å². The average Bonchev–Trinajstić information content (AvgIpc) is 3.26. The summed E-state index contributed by atoms with van der Waals surface area (Å²) in [6, 6.07) is 9.89. The van der Waals surface area contributed by atoms with Crippen molar-refractivity contribution in [2.75, 3.05) is 0 Å². The zero-order chi connectivity index (χ0) is 15.6. The second kappa shape index (κ2) is 6.17. The quantitative estimate of drug-likeness (QED) is 0.691. The number of furan rings is 1. The smallest absolute Gasteiger partial charge is 0.250 e. The minimum Gasteiger partial charge on any atom is -0.461 e. The van der Waals surface area contributed by atoms with Gasteiger partial charge in [-0.25, -0.2) is 13.1 Å². The van der Waals surface area contributed by atoms with Crippen LogP contribution in [0.3, 0.4) is 0 Å². The van der Waals surface area contributed by atoms with Crippen LogP contribution < -0.4 is 4.72 Å². The number of ketones is 1. The predicted molar refractivity (Wildman–Crippen MR) is 84.8 cm³/mol. The Morgan fingerprint density at radius 3 is 2.73 bits per heavy atom. The Morgan fingerprint density at radius 2 is 2.05 bits per heavy atom. The number of hydrogen-bond donors (Lipinski definition) is 1. The number of carbonyl (C=O) groups excluding carboxylic acids is 1. The fraction of sp³-hybridized carbons (Fsp3) is 0.0714. The van der Waals surface area contributed by atoms with Crippen LogP contribution in [0.4, 0.5) is 0 Å². The predicted octanol–water partition coefficient (Wildman–Crippen LogP) is 3.11. The first-order valence-corrected chi connectivity index (χ1v) is 9.44. The van der Waals surface area contributed by atoms with E-state index in [1.165, 1.54) is 17.6 Å². The van der Waals surface area contributed by atoms with E-state index in [9.17, 15) is 13.2 Å². The van der Waals surface area contributed by atoms with E-state index in [-0.39, 0.29) is 22.3 Å². The maximum atomic E-state index is 12.1. The molecule has 0 saturated carbocycles. The second-order valence-electron chi connectivity index (χ2n) is 4.33. The van der Waals surface area contributed by atoms with Crippen LogP contribution >= 0.6 is 22.7 Å². The zero-order valence-electron chi connectivity index (χ0n) is 11.2. The van der Waals surface area contributed by atoms with Crippen molar-refractivity contribution in [1.29, 1.82) is 0 Å². The highest BCUT2D eigenvalue weighted by Gasteiger charge is 2.17. The van der Waals surface area contributed by atoms with Crippen molar-refractivity contribution < 1.29 is 17.6 Å². The van der Waals surface area contributed by atoms with Crippen LogP contribution in [-0.4, -0.2) is 14.2 Å². The first kappa shape index (κ1) is 15.2. The van der Waals surface area contributed by atoms with Gasteiger partial charge in [0.25, 0.3) is 0 Å². The van der Waals surface area contributed by atoms with Crippen LogP contribution in [0.25, 0.3) is 0 Å². The van der Waals surface area contributed by atoms with Crippen molar-refractivity contribution >= 4 is 38.5 Å². The third-order valence-corrected chi connectivity index (χ3v) is 6.71. The summed E-state index contributed by atoms with van der Waals surface area (Å²) >= 11 is 2.40. The molecule has 22 heavy (non-hydrogen) atoms. The molecular weight excluding hydrogens is 342 g/mol. The van der Waals surface area contributed by atoms with Gasteiger partial charge in [-0.1, -0.05) is 6.07 Å². The molecule has 0 amide bonds. The monoisotopic (exact) mass is 353 g/mol. The molecule has 8 heteroatoms. The molecule has 0 aliphatic heterocycles. The molecule has 0 fully saturated rings. The van der Waals surface area contributed by atoms with Crippen LogP contribution in [-0.2, 0) is 16.6 Å². The molecule has 1 N–H and O–H groups in total. The van der Waals surface area contributed by atoms with Gasteiger partial charge in [-0.2, -0.15) is 0 Å². The highest BCUT2D eigenvalue weighted by molar-refractivity contribution is 7.91. The fourth-order valence-electron chi connectivity index (χ4n) is 1.78. The summed E-state index contributed by atoms with van der Waals surface area (Å²) in [4.78, 5) is 13.4. The summed E-state index contributed by atoms with van der Waals surface area (Å²) in [5.41, 5.74) is 0. The highest BCUT2D eigenvalue weighted by atomic mass is 32.2. The normalized spacial score (nSPS) is 11.6. The Bertz CT molecular complexity index is 861. The lowest BCUT2D eigenvalue weighted by Gasteiger charge is -2.02. The Morgan fingerprint density at radius 1 is 1.18 bits per heavy atom. The van der Waals surface area contributed by atoms with Crippen molar-refractivity contribution in [3.8, 4) is 0 Å². The van der Waals surface area contributed by atoms with Gasteiger partial charge in [-0.05, 0) is 35.7 Å². The average molecular weight is 353 g/mol. The second-order valence-corrected chi connectivity index (χ2v) is 8.44. The Balaban J connectivity index is 1.69. The molecule has 114 valence electrons. The van der Waals surface area contributed by atoms with Gasteiger partial charge in [0.2, 0.25) is 15.8 Å². The lowest BCUT2D eigenvalue weighted by atomic mass is 10.2. The number of nitrogens with one attached hydrogen (secondary N) is 1. The number of carbonyl (C=O) groups is 1. The van der Waals surface area contributed by atoms with E-state index in [0.29, 0.717) is 4.88 Å². The number of hydrogen-bond acceptors (Lipinski definition) is 6. The summed E-state index contributed by atoms with van der Waals surface area (Å²) in [7, 11) is -3.50. The molecule has 0 radical (unpaired) electrons. The van der Waals surface area contributed by atoms with E-state index in [1.807, 2.05) is 0 Å². The minimum atomic E-state index is -3.50. The molecule has 3 rings (SSSR count). The van der Waals surface area contributed by atoms with Gasteiger partial charge in [0.15, 0.2) is 5.76 Å². The zero-order valence-corrected chi connectivity index (χ0v) is 13.6. The van der Waals surface area contributed by atoms with Gasteiger partial charge in [0.05, 0.1) is 11.1 Å². The molecule has 0 atom stereocenters. The largest absolute Gasteiger partial charge is 0.461 e. The molecule has 0 spiro atoms. The van der Waals surface area contributed by atoms with E-state index in [4.69, 9.17) is 4.42 Å². The highest BCUT2D eigenvalue weighted by Crippen LogP contribution is 2.21. The summed E-state index contributed by atoms with van der Waals surface area (Å²) in [5.74, 6) is 0.0648. The molecule has 5 nitrogen and oxygen atoms in total. The van der Waals surface area contributed by atoms with E-state index < -0.39 is 10.0 Å². The number of thiophene rings is 2. The van der Waals surface area contributed by atoms with Crippen LogP contribution in [0.2, 0.25) is 0 Å². The first-order chi connectivity index (χ1) is 10.6. The van der Waals surface area contributed by atoms with Crippen LogP contribution in [0.5, 0.6) is 0 Å². The van der Waals surface area contributed by atoms with Gasteiger partial charge < -0.3 is 4.42 Å². The van der Waals surface area contributed by atoms with Crippen molar-refractivity contribution in [3.05, 3.63) is 63.6 Å². The van der Waals surface area contributed by atoms with E-state index in [2.05, 4.69) is 4.72 Å². The van der Waals surface area contributed by atoms with E-state index >= 15 is 0 Å². The molecule has 0 aromatic carbocycles. The van der Waals surface area contributed by atoms with Crippen molar-refractivity contribution in [3.63, 3.8) is 0 Å². The van der Waals surface area contributed by atoms with Crippen LogP contribution in [0.15, 0.2) is 56.7 Å². The molecule has 0 saturated heterocycles. The number of sulfonamides is 1. The maximum absolute atomic E-state index is 12.1. The Kier molecular flexibility index (Phi) is 4.25. The van der Waals surface area contributed by atoms with E-state index in [1.54, 1.807) is 41.8 Å². The van der Waals surface area contributed by atoms with E-state index in [0.717, 1.165) is 16.2 Å². The summed E-state index contributed by atoms with van der Waals surface area (Å²) < 4.78 is 31.9. The van der Waals surface area contributed by atoms with Crippen LogP contribution in [0, 0.1) is 0 Å². The molecule has 0 aliphatic carbocycles. The molecular formula is C14H11NO4S3. The molecule has 0 unspecified atom stereocenters. The molecule has 0 aliphatic rings. The van der Waals surface area contributed by atoms with Gasteiger partial charge in [-0.15, -0.1) is 22.7 Å². The Hall–Kier alpha value is -1.74. The lowest BCUT2D eigenvalue weighted by Crippen LogP contribution is -2.21. The third-order valence-electron chi connectivity index (χ3n) is 2.83. The standard InChI is InChI=1S/C14H11NO4S3/c16-14(11-3-1-7-19-11)12-6-5-10(21-12)9-15-22(17,18)13-4-2-8-20-13/h1-8,15H,9H2. The Labute approximate surface area is 135 Å². The summed E-state index contributed by atoms with van der Waals surface area (Å²) in [6.07, 6.45) is 1.44. The lowest BCUT2D eigenvalue weighted by molar-refractivity contribution is 0.101. The third kappa shape index (κ3) is 3.20. The summed E-state index contributed by atoms with van der Waals surface area (Å²) in [6.45, 7) is 0.149. The molecule has 3 heterocycles. The summed E-state index contributed by atoms with van der Waals surface area (Å²) in [5, 5.41) is 1.71. The van der Waals surface area contributed by atoms with Crippen LogP contribution in [0.1, 0.15) is 20.3 Å². The van der Waals surface area contributed by atoms with Crippen molar-refractivity contribution in [1.82, 2.24) is 4.72 Å². The molecule has 3 aromatic rings. The van der Waals surface area contributed by atoms with Crippen molar-refractivity contribution in [2.45, 2.75) is 10.8 Å². The van der Waals surface area contributed by atoms with Gasteiger partial charge in [-0.3, -0.25) is 4.79 Å².